The Hall–Kier alpha value is -3.21. The van der Waals surface area contributed by atoms with Crippen LogP contribution in [-0.4, -0.2) is 81.7 Å². The third-order valence-electron chi connectivity index (χ3n) is 9.75. The molecule has 1 spiro atoms. The summed E-state index contributed by atoms with van der Waals surface area (Å²) in [5.74, 6) is 0.931. The number of amides is 3. The highest BCUT2D eigenvalue weighted by Crippen LogP contribution is 2.36. The first-order valence-corrected chi connectivity index (χ1v) is 16.0. The molecule has 3 fully saturated rings. The zero-order valence-corrected chi connectivity index (χ0v) is 25.2. The standard InChI is InChI=1S/C33H46N4O6/c1-2-3-19-37-31(40)28(29(38)24-7-5-4-6-8-24)34-32(41)33(37)17-20-36(21-18-33)22-23-9-13-26(14-10-23)43-27-15-11-25(12-16-27)30(39)35-42/h9,11-16,23-24,28-29,38,42H,2-8,10,17-22H2,1H3,(H,34,41)(H,35,39)/t23?,28-,29-/m1/s1. The van der Waals surface area contributed by atoms with Gasteiger partial charge >= 0.3 is 0 Å². The highest BCUT2D eigenvalue weighted by molar-refractivity contribution is 6.00. The van der Waals surface area contributed by atoms with Crippen molar-refractivity contribution in [1.29, 1.82) is 0 Å². The molecule has 10 heteroatoms. The number of hydroxylamine groups is 1. The van der Waals surface area contributed by atoms with Gasteiger partial charge in [0, 0.05) is 31.7 Å². The lowest BCUT2D eigenvalue weighted by Crippen LogP contribution is -2.75. The van der Waals surface area contributed by atoms with Crippen molar-refractivity contribution in [2.45, 2.75) is 88.8 Å². The minimum atomic E-state index is -0.845. The molecular weight excluding hydrogens is 548 g/mol. The average Bonchev–Trinajstić information content (AvgIpc) is 3.04. The minimum Gasteiger partial charge on any atom is -0.458 e. The predicted molar refractivity (Wildman–Crippen MR) is 161 cm³/mol. The van der Waals surface area contributed by atoms with Crippen LogP contribution in [0.15, 0.2) is 48.3 Å². The summed E-state index contributed by atoms with van der Waals surface area (Å²) in [6, 6.07) is 5.70. The smallest absolute Gasteiger partial charge is 0.274 e. The zero-order valence-electron chi connectivity index (χ0n) is 25.2. The van der Waals surface area contributed by atoms with Crippen LogP contribution in [0.2, 0.25) is 0 Å². The van der Waals surface area contributed by atoms with Crippen LogP contribution in [0.1, 0.15) is 81.5 Å². The fourth-order valence-corrected chi connectivity index (χ4v) is 7.12. The molecule has 2 aliphatic heterocycles. The van der Waals surface area contributed by atoms with E-state index < -0.39 is 23.6 Å². The summed E-state index contributed by atoms with van der Waals surface area (Å²) >= 11 is 0. The third kappa shape index (κ3) is 6.97. The number of unbranched alkanes of at least 4 members (excludes halogenated alkanes) is 1. The van der Waals surface area contributed by atoms with Crippen LogP contribution >= 0.6 is 0 Å². The highest BCUT2D eigenvalue weighted by atomic mass is 16.5. The maximum Gasteiger partial charge on any atom is 0.274 e. The molecule has 2 heterocycles. The van der Waals surface area contributed by atoms with Gasteiger partial charge in [0.1, 0.15) is 23.1 Å². The predicted octanol–water partition coefficient (Wildman–Crippen LogP) is 3.55. The van der Waals surface area contributed by atoms with Gasteiger partial charge < -0.3 is 25.0 Å². The van der Waals surface area contributed by atoms with Crippen LogP contribution in [0.25, 0.3) is 0 Å². The lowest BCUT2D eigenvalue weighted by atomic mass is 9.77. The maximum atomic E-state index is 13.8. The van der Waals surface area contributed by atoms with Crippen LogP contribution in [-0.2, 0) is 9.59 Å². The molecule has 1 aromatic rings. The Morgan fingerprint density at radius 1 is 1.14 bits per heavy atom. The van der Waals surface area contributed by atoms with Gasteiger partial charge in [-0.15, -0.1) is 0 Å². The SMILES string of the molecule is CCCCN1C(=O)[C@@H]([C@H](O)C2CCCCC2)NC(=O)C12CCN(CC1C=CC(Oc3ccc(C(=O)NO)cc3)=CC1)CC2. The van der Waals surface area contributed by atoms with Crippen LogP contribution in [0.5, 0.6) is 5.75 Å². The van der Waals surface area contributed by atoms with E-state index in [0.717, 1.165) is 70.3 Å². The van der Waals surface area contributed by atoms with Crippen LogP contribution in [0, 0.1) is 11.8 Å². The van der Waals surface area contributed by atoms with E-state index >= 15 is 0 Å². The summed E-state index contributed by atoms with van der Waals surface area (Å²) < 4.78 is 5.93. The maximum absolute atomic E-state index is 13.8. The number of carbonyl (C=O) groups excluding carboxylic acids is 3. The zero-order chi connectivity index (χ0) is 30.4. The summed E-state index contributed by atoms with van der Waals surface area (Å²) in [6.45, 7) is 4.95. The number of carbonyl (C=O) groups is 3. The van der Waals surface area contributed by atoms with Crippen molar-refractivity contribution < 1.29 is 29.4 Å². The summed E-state index contributed by atoms with van der Waals surface area (Å²) in [7, 11) is 0. The first-order valence-electron chi connectivity index (χ1n) is 16.0. The van der Waals surface area contributed by atoms with Crippen molar-refractivity contribution in [2.75, 3.05) is 26.2 Å². The van der Waals surface area contributed by atoms with Crippen LogP contribution < -0.4 is 15.5 Å². The lowest BCUT2D eigenvalue weighted by molar-refractivity contribution is -0.166. The third-order valence-corrected chi connectivity index (χ3v) is 9.75. The summed E-state index contributed by atoms with van der Waals surface area (Å²) in [6.07, 6.45) is 14.2. The van der Waals surface area contributed by atoms with Crippen molar-refractivity contribution in [1.82, 2.24) is 20.6 Å². The largest absolute Gasteiger partial charge is 0.458 e. The van der Waals surface area contributed by atoms with Gasteiger partial charge in [-0.1, -0.05) is 38.7 Å². The first-order chi connectivity index (χ1) is 20.8. The monoisotopic (exact) mass is 594 g/mol. The Kier molecular flexibility index (Phi) is 10.2. The summed E-state index contributed by atoms with van der Waals surface area (Å²) in [5, 5.41) is 22.9. The van der Waals surface area contributed by atoms with Gasteiger partial charge in [0.2, 0.25) is 11.8 Å². The van der Waals surface area contributed by atoms with E-state index in [4.69, 9.17) is 9.94 Å². The van der Waals surface area contributed by atoms with Gasteiger partial charge in [-0.2, -0.15) is 0 Å². The van der Waals surface area contributed by atoms with E-state index in [0.29, 0.717) is 36.6 Å². The number of ether oxygens (including phenoxy) is 1. The molecular formula is C33H46N4O6. The Balaban J connectivity index is 1.15. The molecule has 3 atom stereocenters. The molecule has 4 N–H and O–H groups in total. The molecule has 2 saturated heterocycles. The van der Waals surface area contributed by atoms with Gasteiger partial charge in [-0.05, 0) is 86.8 Å². The number of rotatable bonds is 10. The number of likely N-dealkylation sites (tertiary alicyclic amines) is 1. The molecule has 1 unspecified atom stereocenters. The number of allylic oxidation sites excluding steroid dienone is 2. The second-order valence-electron chi connectivity index (χ2n) is 12.5. The Morgan fingerprint density at radius 3 is 2.49 bits per heavy atom. The number of nitrogens with zero attached hydrogens (tertiary/aromatic N) is 2. The summed E-state index contributed by atoms with van der Waals surface area (Å²) in [5.41, 5.74) is 1.11. The van der Waals surface area contributed by atoms with Crippen molar-refractivity contribution in [2.24, 2.45) is 11.8 Å². The highest BCUT2D eigenvalue weighted by Gasteiger charge is 2.55. The van der Waals surface area contributed by atoms with E-state index in [2.05, 4.69) is 29.3 Å². The molecule has 43 heavy (non-hydrogen) atoms. The van der Waals surface area contributed by atoms with Crippen LogP contribution in [0.3, 0.4) is 0 Å². The van der Waals surface area contributed by atoms with Gasteiger partial charge in [0.05, 0.1) is 6.10 Å². The number of hydrogen-bond acceptors (Lipinski definition) is 7. The molecule has 10 nitrogen and oxygen atoms in total. The number of piperazine rings is 1. The fraction of sp³-hybridized carbons (Fsp3) is 0.606. The number of hydrogen-bond donors (Lipinski definition) is 4. The molecule has 4 aliphatic rings. The van der Waals surface area contributed by atoms with Gasteiger partial charge in [-0.3, -0.25) is 19.6 Å². The topological polar surface area (TPSA) is 131 Å². The first kappa shape index (κ1) is 31.2. The Bertz CT molecular complexity index is 1200. The van der Waals surface area contributed by atoms with E-state index in [1.165, 1.54) is 6.42 Å². The molecule has 3 amide bonds. The lowest BCUT2D eigenvalue weighted by Gasteiger charge is -2.53. The molecule has 5 rings (SSSR count). The van der Waals surface area contributed by atoms with Gasteiger partial charge in [0.15, 0.2) is 0 Å². The molecule has 0 bridgehead atoms. The fourth-order valence-electron chi connectivity index (χ4n) is 7.12. The second kappa shape index (κ2) is 14.1. The number of aliphatic hydroxyl groups excluding tert-OH is 1. The van der Waals surface area contributed by atoms with Crippen molar-refractivity contribution >= 4 is 17.7 Å². The molecule has 1 aromatic carbocycles. The molecule has 234 valence electrons. The van der Waals surface area contributed by atoms with E-state index in [-0.39, 0.29) is 17.7 Å². The Labute approximate surface area is 254 Å². The second-order valence-corrected chi connectivity index (χ2v) is 12.5. The minimum absolute atomic E-state index is 0.0658. The average molecular weight is 595 g/mol. The number of aliphatic hydroxyl groups is 1. The van der Waals surface area contributed by atoms with E-state index in [1.54, 1.807) is 29.7 Å². The van der Waals surface area contributed by atoms with Gasteiger partial charge in [0.25, 0.3) is 5.91 Å². The van der Waals surface area contributed by atoms with Crippen LogP contribution in [0.4, 0.5) is 0 Å². The molecule has 1 saturated carbocycles. The molecule has 0 radical (unpaired) electrons. The molecule has 2 aliphatic carbocycles. The van der Waals surface area contributed by atoms with E-state index in [1.807, 2.05) is 11.0 Å². The number of nitrogens with one attached hydrogen (secondary N) is 2. The Morgan fingerprint density at radius 2 is 1.86 bits per heavy atom. The van der Waals surface area contributed by atoms with Gasteiger partial charge in [-0.25, -0.2) is 5.48 Å². The summed E-state index contributed by atoms with van der Waals surface area (Å²) in [4.78, 5) is 43.3. The normalized spacial score (nSPS) is 25.3. The van der Waals surface area contributed by atoms with Crippen molar-refractivity contribution in [3.8, 4) is 5.75 Å². The van der Waals surface area contributed by atoms with E-state index in [9.17, 15) is 19.5 Å². The van der Waals surface area contributed by atoms with Crippen molar-refractivity contribution in [3.05, 3.63) is 53.8 Å². The van der Waals surface area contributed by atoms with Crippen molar-refractivity contribution in [3.63, 3.8) is 0 Å². The number of piperidine rings is 1. The molecule has 0 aromatic heterocycles. The number of benzene rings is 1. The quantitative estimate of drug-likeness (QED) is 0.241.